The van der Waals surface area contributed by atoms with Gasteiger partial charge in [-0.2, -0.15) is 0 Å². The van der Waals surface area contributed by atoms with Crippen LogP contribution in [0, 0.1) is 6.92 Å². The van der Waals surface area contributed by atoms with Crippen molar-refractivity contribution in [1.29, 1.82) is 0 Å². The molecule has 1 fully saturated rings. The Hall–Kier alpha value is -2.68. The highest BCUT2D eigenvalue weighted by Gasteiger charge is 2.29. The quantitative estimate of drug-likeness (QED) is 0.379. The van der Waals surface area contributed by atoms with Gasteiger partial charge in [0.1, 0.15) is 0 Å². The minimum absolute atomic E-state index is 0.00659. The third-order valence-electron chi connectivity index (χ3n) is 6.34. The molecule has 36 heavy (non-hydrogen) atoms. The normalized spacial score (nSPS) is 16.0. The average molecular weight is 530 g/mol. The van der Waals surface area contributed by atoms with E-state index in [-0.39, 0.29) is 35.5 Å². The number of nitrogens with zero attached hydrogens (tertiary/aromatic N) is 3. The fraction of sp³-hybridized carbons (Fsp3) is 0.407. The first-order chi connectivity index (χ1) is 17.2. The lowest BCUT2D eigenvalue weighted by atomic mass is 10.1. The molecule has 0 aliphatic carbocycles. The van der Waals surface area contributed by atoms with Gasteiger partial charge in [-0.1, -0.05) is 41.9 Å². The third-order valence-corrected chi connectivity index (χ3v) is 8.15. The van der Waals surface area contributed by atoms with E-state index in [1.54, 1.807) is 39.9 Å². The van der Waals surface area contributed by atoms with Gasteiger partial charge in [0.25, 0.3) is 5.91 Å². The average Bonchev–Trinajstić information content (AvgIpc) is 3.49. The highest BCUT2D eigenvalue weighted by atomic mass is 35.5. The number of ether oxygens (including phenoxy) is 1. The summed E-state index contributed by atoms with van der Waals surface area (Å²) < 4.78 is 34.3. The predicted molar refractivity (Wildman–Crippen MR) is 140 cm³/mol. The van der Waals surface area contributed by atoms with Crippen LogP contribution in [0.25, 0.3) is 0 Å². The Morgan fingerprint density at radius 3 is 2.67 bits per heavy atom. The van der Waals surface area contributed by atoms with E-state index >= 15 is 0 Å². The van der Waals surface area contributed by atoms with Crippen LogP contribution >= 0.6 is 11.6 Å². The van der Waals surface area contributed by atoms with Crippen LogP contribution in [0.1, 0.15) is 59.9 Å². The van der Waals surface area contributed by atoms with Gasteiger partial charge < -0.3 is 14.2 Å². The van der Waals surface area contributed by atoms with Crippen molar-refractivity contribution in [3.05, 3.63) is 82.1 Å². The molecule has 2 aromatic carbocycles. The lowest BCUT2D eigenvalue weighted by Gasteiger charge is -2.27. The minimum atomic E-state index is -3.76. The van der Waals surface area contributed by atoms with E-state index in [9.17, 15) is 13.2 Å². The van der Waals surface area contributed by atoms with Crippen LogP contribution in [0.5, 0.6) is 0 Å². The van der Waals surface area contributed by atoms with E-state index in [1.165, 1.54) is 0 Å². The van der Waals surface area contributed by atoms with E-state index in [4.69, 9.17) is 16.3 Å². The Morgan fingerprint density at radius 2 is 2.00 bits per heavy atom. The molecule has 3 aromatic rings. The second-order valence-corrected chi connectivity index (χ2v) is 11.8. The molecule has 1 aliphatic rings. The number of rotatable bonds is 9. The lowest BCUT2D eigenvalue weighted by Crippen LogP contribution is -2.38. The van der Waals surface area contributed by atoms with Crippen molar-refractivity contribution in [2.24, 2.45) is 0 Å². The first-order valence-corrected chi connectivity index (χ1v) is 14.2. The van der Waals surface area contributed by atoms with Crippen molar-refractivity contribution in [2.75, 3.05) is 13.2 Å². The van der Waals surface area contributed by atoms with Crippen LogP contribution in [-0.4, -0.2) is 48.0 Å². The molecule has 0 saturated carbocycles. The van der Waals surface area contributed by atoms with Crippen molar-refractivity contribution in [3.8, 4) is 0 Å². The summed E-state index contributed by atoms with van der Waals surface area (Å²) in [5.41, 5.74) is 2.77. The van der Waals surface area contributed by atoms with Crippen molar-refractivity contribution >= 4 is 27.3 Å². The maximum atomic E-state index is 13.6. The number of aryl methyl sites for hydroxylation is 1. The Kier molecular flexibility index (Phi) is 8.17. The zero-order chi connectivity index (χ0) is 25.9. The number of aromatic nitrogens is 2. The number of carbonyl (C=O) groups is 1. The van der Waals surface area contributed by atoms with Crippen LogP contribution in [0.2, 0.25) is 5.02 Å². The van der Waals surface area contributed by atoms with E-state index in [0.29, 0.717) is 35.0 Å². The van der Waals surface area contributed by atoms with E-state index < -0.39 is 9.84 Å². The SMILES string of the molecule is Cc1ccccc1C(=O)N(Cc1cnc(S(=O)(=O)Cc2cccc(Cl)c2)n1C(C)C)CC1CCCO1. The van der Waals surface area contributed by atoms with E-state index in [0.717, 1.165) is 18.4 Å². The molecule has 1 aliphatic heterocycles. The van der Waals surface area contributed by atoms with Gasteiger partial charge in [0.15, 0.2) is 0 Å². The summed E-state index contributed by atoms with van der Waals surface area (Å²) in [6.07, 6.45) is 3.38. The van der Waals surface area contributed by atoms with E-state index in [1.807, 2.05) is 45.0 Å². The lowest BCUT2D eigenvalue weighted by molar-refractivity contribution is 0.0500. The highest BCUT2D eigenvalue weighted by Crippen LogP contribution is 2.25. The number of halogens is 1. The molecule has 1 aromatic heterocycles. The number of hydrogen-bond acceptors (Lipinski definition) is 5. The van der Waals surface area contributed by atoms with Gasteiger partial charge in [-0.25, -0.2) is 13.4 Å². The molecule has 0 bridgehead atoms. The van der Waals surface area contributed by atoms with Crippen LogP contribution in [0.3, 0.4) is 0 Å². The molecule has 0 N–H and O–H groups in total. The molecule has 4 rings (SSSR count). The standard InChI is InChI=1S/C27H32ClN3O4S/c1-19(2)31-23(15-29-27(31)36(33,34)18-21-9-6-10-22(28)14-21)16-30(17-24-11-7-13-35-24)26(32)25-12-5-4-8-20(25)3/h4-6,8-10,12,14-15,19,24H,7,11,13,16-18H2,1-3H3. The molecule has 0 spiro atoms. The van der Waals surface area contributed by atoms with Crippen molar-refractivity contribution in [3.63, 3.8) is 0 Å². The fourth-order valence-corrected chi connectivity index (χ4v) is 6.42. The second kappa shape index (κ2) is 11.2. The van der Waals surface area contributed by atoms with Crippen molar-refractivity contribution < 1.29 is 17.9 Å². The fourth-order valence-electron chi connectivity index (χ4n) is 4.62. The molecule has 1 unspecified atom stereocenters. The monoisotopic (exact) mass is 529 g/mol. The van der Waals surface area contributed by atoms with Crippen LogP contribution in [-0.2, 0) is 26.9 Å². The smallest absolute Gasteiger partial charge is 0.254 e. The van der Waals surface area contributed by atoms with Gasteiger partial charge in [0.2, 0.25) is 15.0 Å². The molecular weight excluding hydrogens is 498 g/mol. The number of benzene rings is 2. The second-order valence-electron chi connectivity index (χ2n) is 9.52. The third kappa shape index (κ3) is 5.99. The van der Waals surface area contributed by atoms with Gasteiger partial charge in [-0.05, 0) is 62.9 Å². The molecule has 2 heterocycles. The molecule has 7 nitrogen and oxygen atoms in total. The molecular formula is C27H32ClN3O4S. The first kappa shape index (κ1) is 26.4. The first-order valence-electron chi connectivity index (χ1n) is 12.2. The molecule has 1 saturated heterocycles. The number of amides is 1. The van der Waals surface area contributed by atoms with Gasteiger partial charge in [-0.3, -0.25) is 4.79 Å². The number of imidazole rings is 1. The van der Waals surface area contributed by atoms with Crippen LogP contribution < -0.4 is 0 Å². The van der Waals surface area contributed by atoms with Gasteiger partial charge in [0, 0.05) is 29.8 Å². The van der Waals surface area contributed by atoms with Crippen molar-refractivity contribution in [1.82, 2.24) is 14.5 Å². The van der Waals surface area contributed by atoms with Crippen LogP contribution in [0.15, 0.2) is 59.9 Å². The number of hydrogen-bond donors (Lipinski definition) is 0. The minimum Gasteiger partial charge on any atom is -0.376 e. The summed E-state index contributed by atoms with van der Waals surface area (Å²) in [7, 11) is -3.76. The maximum Gasteiger partial charge on any atom is 0.254 e. The Labute approximate surface area is 218 Å². The maximum absolute atomic E-state index is 13.6. The summed E-state index contributed by atoms with van der Waals surface area (Å²) in [6.45, 7) is 7.09. The van der Waals surface area contributed by atoms with Gasteiger partial charge >= 0.3 is 0 Å². The summed E-state index contributed by atoms with van der Waals surface area (Å²) >= 11 is 6.06. The summed E-state index contributed by atoms with van der Waals surface area (Å²) in [4.78, 5) is 19.7. The molecule has 1 atom stereocenters. The zero-order valence-corrected chi connectivity index (χ0v) is 22.4. The van der Waals surface area contributed by atoms with Gasteiger partial charge in [-0.15, -0.1) is 0 Å². The van der Waals surface area contributed by atoms with Crippen molar-refractivity contribution in [2.45, 2.75) is 63.2 Å². The Morgan fingerprint density at radius 1 is 1.22 bits per heavy atom. The highest BCUT2D eigenvalue weighted by molar-refractivity contribution is 7.90. The number of sulfone groups is 1. The molecule has 192 valence electrons. The largest absolute Gasteiger partial charge is 0.376 e. The topological polar surface area (TPSA) is 81.5 Å². The summed E-state index contributed by atoms with van der Waals surface area (Å²) in [6, 6.07) is 14.1. The van der Waals surface area contributed by atoms with Crippen LogP contribution in [0.4, 0.5) is 0 Å². The zero-order valence-electron chi connectivity index (χ0n) is 20.9. The van der Waals surface area contributed by atoms with E-state index in [2.05, 4.69) is 4.98 Å². The predicted octanol–water partition coefficient (Wildman–Crippen LogP) is 5.22. The molecule has 0 radical (unpaired) electrons. The molecule has 9 heteroatoms. The molecule has 1 amide bonds. The Balaban J connectivity index is 1.67. The Bertz CT molecular complexity index is 1330. The summed E-state index contributed by atoms with van der Waals surface area (Å²) in [5, 5.41) is 0.475. The van der Waals surface area contributed by atoms with Gasteiger partial charge in [0.05, 0.1) is 30.3 Å². The summed E-state index contributed by atoms with van der Waals surface area (Å²) in [5.74, 6) is -0.318. The number of carbonyl (C=O) groups excluding carboxylic acids is 1.